The first-order chi connectivity index (χ1) is 7.63. The predicted octanol–water partition coefficient (Wildman–Crippen LogP) is 2.12. The first kappa shape index (κ1) is 11.9. The van der Waals surface area contributed by atoms with Crippen LogP contribution in [-0.4, -0.2) is 22.0 Å². The third-order valence-corrected chi connectivity index (χ3v) is 3.41. The molecule has 1 fully saturated rings. The molecular formula is C11H18ClN3O. The van der Waals surface area contributed by atoms with E-state index in [1.807, 2.05) is 11.6 Å². The van der Waals surface area contributed by atoms with E-state index in [0.717, 1.165) is 25.1 Å². The zero-order chi connectivity index (χ0) is 11.7. The van der Waals surface area contributed by atoms with Gasteiger partial charge in [-0.3, -0.25) is 4.68 Å². The summed E-state index contributed by atoms with van der Waals surface area (Å²) in [5.41, 5.74) is 7.11. The van der Waals surface area contributed by atoms with Gasteiger partial charge in [0.1, 0.15) is 0 Å². The fraction of sp³-hybridized carbons (Fsp3) is 0.727. The predicted molar refractivity (Wildman–Crippen MR) is 63.4 cm³/mol. The maximum Gasteiger partial charge on any atom is 0.0835 e. The lowest BCUT2D eigenvalue weighted by molar-refractivity contribution is 0.0384. The van der Waals surface area contributed by atoms with Gasteiger partial charge in [0.25, 0.3) is 0 Å². The summed E-state index contributed by atoms with van der Waals surface area (Å²) in [4.78, 5) is 0. The molecule has 2 heterocycles. The summed E-state index contributed by atoms with van der Waals surface area (Å²) >= 11 is 6.11. The van der Waals surface area contributed by atoms with Crippen LogP contribution in [0.2, 0.25) is 5.02 Å². The smallest absolute Gasteiger partial charge is 0.0835 e. The zero-order valence-electron chi connectivity index (χ0n) is 9.69. The fourth-order valence-electron chi connectivity index (χ4n) is 2.23. The van der Waals surface area contributed by atoms with E-state index in [4.69, 9.17) is 22.1 Å². The maximum absolute atomic E-state index is 6.21. The SMILES string of the molecule is CCn1ncc(Cl)c1C(N)C1CCC(C)O1. The number of halogens is 1. The van der Waals surface area contributed by atoms with Crippen molar-refractivity contribution in [1.29, 1.82) is 0 Å². The Morgan fingerprint density at radius 2 is 2.44 bits per heavy atom. The zero-order valence-corrected chi connectivity index (χ0v) is 10.4. The van der Waals surface area contributed by atoms with Crippen molar-refractivity contribution in [1.82, 2.24) is 9.78 Å². The van der Waals surface area contributed by atoms with Gasteiger partial charge in [-0.2, -0.15) is 5.10 Å². The molecule has 0 radical (unpaired) electrons. The number of ether oxygens (including phenoxy) is 1. The highest BCUT2D eigenvalue weighted by Gasteiger charge is 2.31. The largest absolute Gasteiger partial charge is 0.373 e. The average molecular weight is 244 g/mol. The second kappa shape index (κ2) is 4.73. The molecular weight excluding hydrogens is 226 g/mol. The van der Waals surface area contributed by atoms with E-state index in [-0.39, 0.29) is 12.1 Å². The lowest BCUT2D eigenvalue weighted by Gasteiger charge is -2.20. The number of aryl methyl sites for hydroxylation is 1. The summed E-state index contributed by atoms with van der Waals surface area (Å²) < 4.78 is 7.62. The van der Waals surface area contributed by atoms with E-state index in [9.17, 15) is 0 Å². The molecule has 0 aliphatic carbocycles. The Labute approximate surface area is 101 Å². The Kier molecular flexibility index (Phi) is 3.52. The van der Waals surface area contributed by atoms with Gasteiger partial charge in [-0.15, -0.1) is 0 Å². The molecule has 0 amide bonds. The third-order valence-electron chi connectivity index (χ3n) is 3.11. The van der Waals surface area contributed by atoms with Gasteiger partial charge in [-0.25, -0.2) is 0 Å². The van der Waals surface area contributed by atoms with Gasteiger partial charge < -0.3 is 10.5 Å². The molecule has 5 heteroatoms. The van der Waals surface area contributed by atoms with E-state index in [1.54, 1.807) is 6.20 Å². The van der Waals surface area contributed by atoms with Crippen molar-refractivity contribution in [3.8, 4) is 0 Å². The van der Waals surface area contributed by atoms with Gasteiger partial charge in [0.2, 0.25) is 0 Å². The molecule has 0 spiro atoms. The summed E-state index contributed by atoms with van der Waals surface area (Å²) in [6.45, 7) is 4.88. The van der Waals surface area contributed by atoms with Crippen LogP contribution in [0.3, 0.4) is 0 Å². The minimum atomic E-state index is -0.181. The number of aromatic nitrogens is 2. The van der Waals surface area contributed by atoms with E-state index < -0.39 is 0 Å². The van der Waals surface area contributed by atoms with Crippen LogP contribution in [0.15, 0.2) is 6.20 Å². The van der Waals surface area contributed by atoms with Crippen LogP contribution in [0.1, 0.15) is 38.4 Å². The topological polar surface area (TPSA) is 53.1 Å². The first-order valence-electron chi connectivity index (χ1n) is 5.75. The van der Waals surface area contributed by atoms with Crippen molar-refractivity contribution < 1.29 is 4.74 Å². The molecule has 1 aliphatic rings. The Hall–Kier alpha value is -0.580. The maximum atomic E-state index is 6.21. The van der Waals surface area contributed by atoms with Gasteiger partial charge in [-0.1, -0.05) is 11.6 Å². The van der Waals surface area contributed by atoms with Crippen LogP contribution >= 0.6 is 11.6 Å². The van der Waals surface area contributed by atoms with E-state index >= 15 is 0 Å². The Bertz CT molecular complexity index is 366. The van der Waals surface area contributed by atoms with Crippen molar-refractivity contribution in [2.45, 2.75) is 51.5 Å². The van der Waals surface area contributed by atoms with Gasteiger partial charge in [0.15, 0.2) is 0 Å². The molecule has 3 atom stereocenters. The molecule has 1 aromatic heterocycles. The molecule has 1 saturated heterocycles. The molecule has 1 aromatic rings. The molecule has 1 aliphatic heterocycles. The second-order valence-electron chi connectivity index (χ2n) is 4.28. The normalized spacial score (nSPS) is 27.2. The lowest BCUT2D eigenvalue weighted by Crippen LogP contribution is -2.29. The van der Waals surface area contributed by atoms with Crippen LogP contribution in [0.5, 0.6) is 0 Å². The summed E-state index contributed by atoms with van der Waals surface area (Å²) in [5.74, 6) is 0. The standard InChI is InChI=1S/C11H18ClN3O/c1-3-15-11(8(12)6-14-15)10(13)9-5-4-7(2)16-9/h6-7,9-10H,3-5,13H2,1-2H3. The van der Waals surface area contributed by atoms with Crippen molar-refractivity contribution >= 4 is 11.6 Å². The molecule has 4 nitrogen and oxygen atoms in total. The van der Waals surface area contributed by atoms with Crippen molar-refractivity contribution in [3.63, 3.8) is 0 Å². The molecule has 2 N–H and O–H groups in total. The molecule has 0 saturated carbocycles. The number of nitrogens with zero attached hydrogens (tertiary/aromatic N) is 2. The van der Waals surface area contributed by atoms with E-state index in [1.165, 1.54) is 0 Å². The minimum Gasteiger partial charge on any atom is -0.373 e. The highest BCUT2D eigenvalue weighted by atomic mass is 35.5. The number of hydrogen-bond donors (Lipinski definition) is 1. The number of rotatable bonds is 3. The van der Waals surface area contributed by atoms with Crippen LogP contribution in [-0.2, 0) is 11.3 Å². The summed E-state index contributed by atoms with van der Waals surface area (Å²) in [7, 11) is 0. The van der Waals surface area contributed by atoms with Gasteiger partial charge in [0.05, 0.1) is 35.2 Å². The van der Waals surface area contributed by atoms with Crippen LogP contribution < -0.4 is 5.73 Å². The van der Waals surface area contributed by atoms with Crippen molar-refractivity contribution in [2.24, 2.45) is 5.73 Å². The molecule has 3 unspecified atom stereocenters. The average Bonchev–Trinajstić information content (AvgIpc) is 2.83. The number of nitrogens with two attached hydrogens (primary N) is 1. The lowest BCUT2D eigenvalue weighted by atomic mass is 10.1. The molecule has 0 bridgehead atoms. The van der Waals surface area contributed by atoms with Gasteiger partial charge >= 0.3 is 0 Å². The van der Waals surface area contributed by atoms with Gasteiger partial charge in [0, 0.05) is 6.54 Å². The second-order valence-corrected chi connectivity index (χ2v) is 4.69. The Balaban J connectivity index is 2.19. The summed E-state index contributed by atoms with van der Waals surface area (Å²) in [5, 5.41) is 4.83. The van der Waals surface area contributed by atoms with Crippen LogP contribution in [0.4, 0.5) is 0 Å². The Morgan fingerprint density at radius 1 is 1.69 bits per heavy atom. The monoisotopic (exact) mass is 243 g/mol. The Morgan fingerprint density at radius 3 is 3.00 bits per heavy atom. The van der Waals surface area contributed by atoms with Crippen molar-refractivity contribution in [2.75, 3.05) is 0 Å². The third kappa shape index (κ3) is 2.10. The van der Waals surface area contributed by atoms with E-state index in [2.05, 4.69) is 12.0 Å². The first-order valence-corrected chi connectivity index (χ1v) is 6.13. The molecule has 0 aromatic carbocycles. The van der Waals surface area contributed by atoms with Crippen molar-refractivity contribution in [3.05, 3.63) is 16.9 Å². The summed E-state index contributed by atoms with van der Waals surface area (Å²) in [6, 6.07) is -0.181. The summed E-state index contributed by atoms with van der Waals surface area (Å²) in [6.07, 6.45) is 4.07. The fourth-order valence-corrected chi connectivity index (χ4v) is 2.50. The molecule has 90 valence electrons. The number of hydrogen-bond acceptors (Lipinski definition) is 3. The van der Waals surface area contributed by atoms with Gasteiger partial charge in [-0.05, 0) is 26.7 Å². The molecule has 2 rings (SSSR count). The van der Waals surface area contributed by atoms with E-state index in [0.29, 0.717) is 11.1 Å². The van der Waals surface area contributed by atoms with Crippen LogP contribution in [0, 0.1) is 0 Å². The molecule has 16 heavy (non-hydrogen) atoms. The highest BCUT2D eigenvalue weighted by molar-refractivity contribution is 6.31. The quantitative estimate of drug-likeness (QED) is 0.885. The highest BCUT2D eigenvalue weighted by Crippen LogP contribution is 2.31. The van der Waals surface area contributed by atoms with Crippen LogP contribution in [0.25, 0.3) is 0 Å². The minimum absolute atomic E-state index is 0.0644.